The van der Waals surface area contributed by atoms with Crippen molar-refractivity contribution in [1.82, 2.24) is 15.1 Å². The van der Waals surface area contributed by atoms with Crippen molar-refractivity contribution < 1.29 is 0 Å². The molecule has 1 saturated heterocycles. The number of hydrogen-bond acceptors (Lipinski definition) is 3. The maximum atomic E-state index is 6.39. The van der Waals surface area contributed by atoms with E-state index < -0.39 is 0 Å². The highest BCUT2D eigenvalue weighted by molar-refractivity contribution is 6.20. The van der Waals surface area contributed by atoms with Gasteiger partial charge in [-0.25, -0.2) is 0 Å². The average molecular weight is 532 g/mol. The third-order valence-electron chi connectivity index (χ3n) is 10.5. The van der Waals surface area contributed by atoms with Crippen molar-refractivity contribution in [1.29, 1.82) is 0 Å². The highest BCUT2D eigenvalue weighted by atomic mass is 35.5. The first-order valence-corrected chi connectivity index (χ1v) is 16.2. The molecular weight excluding hydrogens is 474 g/mol. The highest BCUT2D eigenvalue weighted by Gasteiger charge is 2.39. The SMILES string of the molecule is CC(C)[C@H](CN1CC[C@H](C2=CCC(Cl)CC2)C(C)(C)C1)NCC1C=C(C2CCC(N(C)C)CC2)CCC1. The van der Waals surface area contributed by atoms with Gasteiger partial charge in [0.2, 0.25) is 0 Å². The summed E-state index contributed by atoms with van der Waals surface area (Å²) in [4.78, 5) is 5.21. The molecule has 0 aromatic heterocycles. The van der Waals surface area contributed by atoms with Gasteiger partial charge in [-0.15, -0.1) is 11.6 Å². The molecule has 4 heteroatoms. The first-order valence-electron chi connectivity index (χ1n) is 15.8. The Hall–Kier alpha value is -0.350. The van der Waals surface area contributed by atoms with Crippen molar-refractivity contribution in [3.63, 3.8) is 0 Å². The van der Waals surface area contributed by atoms with Crippen molar-refractivity contribution in [2.24, 2.45) is 29.1 Å². The minimum atomic E-state index is 0.345. The van der Waals surface area contributed by atoms with Crippen LogP contribution in [0.2, 0.25) is 0 Å². The van der Waals surface area contributed by atoms with Gasteiger partial charge in [0.05, 0.1) is 0 Å². The Morgan fingerprint density at radius 2 is 1.78 bits per heavy atom. The van der Waals surface area contributed by atoms with Crippen molar-refractivity contribution in [3.05, 3.63) is 23.3 Å². The summed E-state index contributed by atoms with van der Waals surface area (Å²) in [6.45, 7) is 14.6. The van der Waals surface area contributed by atoms with Crippen LogP contribution in [0.1, 0.15) is 98.3 Å². The third-order valence-corrected chi connectivity index (χ3v) is 10.9. The second-order valence-electron chi connectivity index (χ2n) is 14.3. The van der Waals surface area contributed by atoms with E-state index in [2.05, 4.69) is 69.1 Å². The number of nitrogens with one attached hydrogen (secondary N) is 1. The van der Waals surface area contributed by atoms with Crippen LogP contribution >= 0.6 is 11.6 Å². The van der Waals surface area contributed by atoms with Crippen LogP contribution in [-0.2, 0) is 0 Å². The molecule has 0 amide bonds. The number of hydrogen-bond donors (Lipinski definition) is 1. The van der Waals surface area contributed by atoms with E-state index in [9.17, 15) is 0 Å². The molecule has 0 aromatic carbocycles. The van der Waals surface area contributed by atoms with E-state index in [1.54, 1.807) is 11.1 Å². The van der Waals surface area contributed by atoms with Crippen molar-refractivity contribution in [2.45, 2.75) is 116 Å². The van der Waals surface area contributed by atoms with E-state index in [0.717, 1.165) is 43.2 Å². The first-order chi connectivity index (χ1) is 17.6. The van der Waals surface area contributed by atoms with Crippen LogP contribution in [0.25, 0.3) is 0 Å². The van der Waals surface area contributed by atoms with E-state index in [0.29, 0.717) is 22.8 Å². The monoisotopic (exact) mass is 531 g/mol. The van der Waals surface area contributed by atoms with Gasteiger partial charge < -0.3 is 15.1 Å². The lowest BCUT2D eigenvalue weighted by Gasteiger charge is -2.47. The van der Waals surface area contributed by atoms with Gasteiger partial charge in [-0.05, 0) is 120 Å². The first kappa shape index (κ1) is 29.6. The van der Waals surface area contributed by atoms with Gasteiger partial charge in [-0.3, -0.25) is 0 Å². The van der Waals surface area contributed by atoms with E-state index in [4.69, 9.17) is 11.6 Å². The minimum absolute atomic E-state index is 0.345. The molecule has 212 valence electrons. The predicted octanol–water partition coefficient (Wildman–Crippen LogP) is 7.51. The highest BCUT2D eigenvalue weighted by Crippen LogP contribution is 2.43. The Balaban J connectivity index is 1.28. The van der Waals surface area contributed by atoms with Crippen LogP contribution in [0.5, 0.6) is 0 Å². The van der Waals surface area contributed by atoms with E-state index in [1.807, 2.05) is 0 Å². The molecule has 3 nitrogen and oxygen atoms in total. The largest absolute Gasteiger partial charge is 0.312 e. The van der Waals surface area contributed by atoms with Crippen molar-refractivity contribution in [3.8, 4) is 0 Å². The number of alkyl halides is 1. The zero-order valence-electron chi connectivity index (χ0n) is 25.1. The summed E-state index contributed by atoms with van der Waals surface area (Å²) in [7, 11) is 4.51. The van der Waals surface area contributed by atoms with Crippen LogP contribution in [0.4, 0.5) is 0 Å². The Bertz CT molecular complexity index is 776. The Kier molecular flexibility index (Phi) is 10.7. The third kappa shape index (κ3) is 8.09. The van der Waals surface area contributed by atoms with Gasteiger partial charge in [0.1, 0.15) is 0 Å². The van der Waals surface area contributed by atoms with Crippen LogP contribution in [0.3, 0.4) is 0 Å². The molecule has 0 spiro atoms. The number of allylic oxidation sites excluding steroid dienone is 3. The van der Waals surface area contributed by atoms with Gasteiger partial charge in [-0.1, -0.05) is 51.0 Å². The maximum Gasteiger partial charge on any atom is 0.0373 e. The fourth-order valence-corrected chi connectivity index (χ4v) is 8.24. The molecule has 1 heterocycles. The lowest BCUT2D eigenvalue weighted by molar-refractivity contribution is 0.0595. The number of nitrogens with zero attached hydrogens (tertiary/aromatic N) is 2. The average Bonchev–Trinajstić information content (AvgIpc) is 2.87. The summed E-state index contributed by atoms with van der Waals surface area (Å²) in [5, 5.41) is 4.43. The molecule has 0 radical (unpaired) electrons. The smallest absolute Gasteiger partial charge is 0.0373 e. The number of piperidine rings is 1. The minimum Gasteiger partial charge on any atom is -0.312 e. The topological polar surface area (TPSA) is 18.5 Å². The quantitative estimate of drug-likeness (QED) is 0.245. The molecule has 37 heavy (non-hydrogen) atoms. The van der Waals surface area contributed by atoms with Crippen molar-refractivity contribution >= 4 is 11.6 Å². The molecule has 2 unspecified atom stereocenters. The number of likely N-dealkylation sites (tertiary alicyclic amines) is 1. The molecule has 0 bridgehead atoms. The molecule has 4 atom stereocenters. The Labute approximate surface area is 234 Å². The van der Waals surface area contributed by atoms with Gasteiger partial charge in [0.25, 0.3) is 0 Å². The van der Waals surface area contributed by atoms with E-state index in [-0.39, 0.29) is 0 Å². The van der Waals surface area contributed by atoms with Crippen LogP contribution in [0, 0.1) is 29.1 Å². The van der Waals surface area contributed by atoms with Gasteiger partial charge in [0.15, 0.2) is 0 Å². The molecule has 4 rings (SSSR count). The van der Waals surface area contributed by atoms with Crippen LogP contribution < -0.4 is 5.32 Å². The predicted molar refractivity (Wildman–Crippen MR) is 161 cm³/mol. The normalized spacial score (nSPS) is 34.4. The summed E-state index contributed by atoms with van der Waals surface area (Å²) in [5.41, 5.74) is 3.85. The molecule has 3 aliphatic carbocycles. The molecule has 4 aliphatic rings. The number of rotatable bonds is 9. The van der Waals surface area contributed by atoms with Gasteiger partial charge in [-0.2, -0.15) is 0 Å². The summed E-state index contributed by atoms with van der Waals surface area (Å²) >= 11 is 6.39. The summed E-state index contributed by atoms with van der Waals surface area (Å²) in [6.07, 6.45) is 19.6. The lowest BCUT2D eigenvalue weighted by atomic mass is 9.68. The Morgan fingerprint density at radius 1 is 1.03 bits per heavy atom. The molecule has 1 N–H and O–H groups in total. The summed E-state index contributed by atoms with van der Waals surface area (Å²) in [5.74, 6) is 2.98. The van der Waals surface area contributed by atoms with Crippen molar-refractivity contribution in [2.75, 3.05) is 40.3 Å². The molecular formula is C33H58ClN3. The fraction of sp³-hybridized carbons (Fsp3) is 0.879. The van der Waals surface area contributed by atoms with Crippen LogP contribution in [-0.4, -0.2) is 67.5 Å². The van der Waals surface area contributed by atoms with Gasteiger partial charge >= 0.3 is 0 Å². The summed E-state index contributed by atoms with van der Waals surface area (Å²) in [6, 6.07) is 1.38. The van der Waals surface area contributed by atoms with Gasteiger partial charge in [0, 0.05) is 37.1 Å². The van der Waals surface area contributed by atoms with Crippen LogP contribution in [0.15, 0.2) is 23.3 Å². The second-order valence-corrected chi connectivity index (χ2v) is 15.0. The van der Waals surface area contributed by atoms with E-state index >= 15 is 0 Å². The maximum absolute atomic E-state index is 6.39. The molecule has 2 fully saturated rings. The zero-order chi connectivity index (χ0) is 26.6. The summed E-state index contributed by atoms with van der Waals surface area (Å²) < 4.78 is 0. The Morgan fingerprint density at radius 3 is 2.41 bits per heavy atom. The number of halogens is 1. The molecule has 1 saturated carbocycles. The molecule has 1 aliphatic heterocycles. The standard InChI is InChI=1S/C33H58ClN3/c1-24(2)32(22-37-19-18-31(33(3,4)23-37)27-10-14-29(34)15-11-27)35-21-25-8-7-9-28(20-25)26-12-16-30(17-13-26)36(5)6/h10,20,24-26,29-32,35H,7-9,11-19,21-23H2,1-6H3/t25?,26?,29?,30?,31-,32+/m1/s1. The lowest BCUT2D eigenvalue weighted by Crippen LogP contribution is -2.52. The zero-order valence-corrected chi connectivity index (χ0v) is 25.8. The molecule has 0 aromatic rings. The second kappa shape index (κ2) is 13.3. The van der Waals surface area contributed by atoms with E-state index in [1.165, 1.54) is 77.4 Å². The fourth-order valence-electron chi connectivity index (χ4n) is 8.04.